The molecule has 2 heterocycles. The fraction of sp³-hybridized carbons (Fsp3) is 0.951. The van der Waals surface area contributed by atoms with Gasteiger partial charge in [-0.3, -0.25) is 0 Å². The van der Waals surface area contributed by atoms with E-state index in [-0.39, 0.29) is 35.4 Å². The van der Waals surface area contributed by atoms with Crippen molar-refractivity contribution in [1.29, 1.82) is 0 Å². The van der Waals surface area contributed by atoms with E-state index in [4.69, 9.17) is 18.9 Å². The standard InChI is InChI=1S/C41H70O13/c1-6-22(20(2)3)8-7-21(4)31-28(45)16-27-25-10-9-23-15-24(11-13-40(23,5)26(25)12-14-41(27,31)19-44)51-39-37(35(49)33(47)30(18-43)53-39)54-38-36(50)34(48)32(46)29(17-42)52-38/h6,20-21,23-39,42-50H,7-19H2,1-5H3/b22-6+/t21-,23+,24+,25-,26+,27+,28+,29-,30-,31+,32-,33+,34+,35+,36-,37-,38+,39-,40+,41-/m1/s1. The summed E-state index contributed by atoms with van der Waals surface area (Å²) in [6.45, 7) is 10.1. The van der Waals surface area contributed by atoms with Crippen LogP contribution in [-0.2, 0) is 18.9 Å². The van der Waals surface area contributed by atoms with Crippen molar-refractivity contribution in [2.75, 3.05) is 19.8 Å². The lowest BCUT2D eigenvalue weighted by Gasteiger charge is -2.61. The largest absolute Gasteiger partial charge is 0.396 e. The molecule has 2 saturated heterocycles. The van der Waals surface area contributed by atoms with Gasteiger partial charge in [0.15, 0.2) is 12.6 Å². The van der Waals surface area contributed by atoms with Crippen molar-refractivity contribution in [2.24, 2.45) is 52.3 Å². The lowest BCUT2D eigenvalue weighted by atomic mass is 9.44. The monoisotopic (exact) mass is 770 g/mol. The number of fused-ring (bicyclic) bond motifs is 5. The summed E-state index contributed by atoms with van der Waals surface area (Å²) >= 11 is 0. The third-order valence-corrected chi connectivity index (χ3v) is 15.6. The van der Waals surface area contributed by atoms with Gasteiger partial charge < -0.3 is 64.9 Å². The zero-order chi connectivity index (χ0) is 39.3. The van der Waals surface area contributed by atoms with Crippen LogP contribution in [0, 0.1) is 52.3 Å². The summed E-state index contributed by atoms with van der Waals surface area (Å²) in [5.74, 6) is 2.40. The van der Waals surface area contributed by atoms with Gasteiger partial charge in [0.2, 0.25) is 0 Å². The van der Waals surface area contributed by atoms with Crippen molar-refractivity contribution in [2.45, 2.75) is 172 Å². The van der Waals surface area contributed by atoms with E-state index in [0.29, 0.717) is 36.0 Å². The SMILES string of the molecule is C/C=C(\CC[C@@H](C)[C@H]1[C@@H](O)C[C@H]2[C@@H]3CC[C@H]4C[C@@H](O[C@@H]5O[C@H](CO)[C@H](O)[C@H](O)[C@H]5O[C@@H]5O[C@H](CO)[C@@H](O)[C@H](O)[C@H]5O)CC[C@]4(C)[C@H]3CC[C@]12CO)C(C)C. The number of ether oxygens (including phenoxy) is 4. The first-order valence-corrected chi connectivity index (χ1v) is 20.8. The molecule has 54 heavy (non-hydrogen) atoms. The molecule has 0 amide bonds. The molecule has 13 nitrogen and oxygen atoms in total. The third-order valence-electron chi connectivity index (χ3n) is 15.6. The first-order valence-electron chi connectivity index (χ1n) is 20.8. The van der Waals surface area contributed by atoms with Crippen molar-refractivity contribution in [1.82, 2.24) is 0 Å². The summed E-state index contributed by atoms with van der Waals surface area (Å²) in [5, 5.41) is 95.5. The van der Waals surface area contributed by atoms with Crippen LogP contribution in [0.5, 0.6) is 0 Å². The predicted molar refractivity (Wildman–Crippen MR) is 196 cm³/mol. The van der Waals surface area contributed by atoms with Gasteiger partial charge in [-0.05, 0) is 118 Å². The van der Waals surface area contributed by atoms with Gasteiger partial charge >= 0.3 is 0 Å². The molecular formula is C41H70O13. The van der Waals surface area contributed by atoms with Crippen LogP contribution in [-0.4, -0.2) is 139 Å². The van der Waals surface area contributed by atoms with E-state index in [9.17, 15) is 46.0 Å². The first kappa shape index (κ1) is 42.8. The van der Waals surface area contributed by atoms with E-state index >= 15 is 0 Å². The molecule has 0 aromatic carbocycles. The normalized spacial score (nSPS) is 50.4. The maximum atomic E-state index is 11.7. The van der Waals surface area contributed by atoms with E-state index in [1.54, 1.807) is 0 Å². The summed E-state index contributed by atoms with van der Waals surface area (Å²) in [7, 11) is 0. The second-order valence-electron chi connectivity index (χ2n) is 18.5. The Morgan fingerprint density at radius 1 is 0.759 bits per heavy atom. The second-order valence-corrected chi connectivity index (χ2v) is 18.5. The molecule has 6 aliphatic rings. The fourth-order valence-corrected chi connectivity index (χ4v) is 12.6. The minimum atomic E-state index is -1.73. The van der Waals surface area contributed by atoms with Crippen LogP contribution in [0.1, 0.15) is 98.8 Å². The minimum Gasteiger partial charge on any atom is -0.396 e. The van der Waals surface area contributed by atoms with E-state index in [1.165, 1.54) is 5.57 Å². The highest BCUT2D eigenvalue weighted by atomic mass is 16.8. The smallest absolute Gasteiger partial charge is 0.187 e. The second kappa shape index (κ2) is 17.2. The molecule has 4 saturated carbocycles. The molecule has 0 aromatic heterocycles. The Hall–Kier alpha value is -0.780. The molecule has 312 valence electrons. The lowest BCUT2D eigenvalue weighted by Crippen LogP contribution is -2.65. The molecule has 0 unspecified atom stereocenters. The summed E-state index contributed by atoms with van der Waals surface area (Å²) in [4.78, 5) is 0. The average Bonchev–Trinajstić information content (AvgIpc) is 3.46. The average molecular weight is 771 g/mol. The van der Waals surface area contributed by atoms with Crippen LogP contribution in [0.4, 0.5) is 0 Å². The Kier molecular flexibility index (Phi) is 13.6. The summed E-state index contributed by atoms with van der Waals surface area (Å²) in [5.41, 5.74) is 1.23. The number of rotatable bonds is 12. The topological polar surface area (TPSA) is 219 Å². The van der Waals surface area contributed by atoms with Crippen LogP contribution in [0.2, 0.25) is 0 Å². The zero-order valence-corrected chi connectivity index (χ0v) is 32.9. The van der Waals surface area contributed by atoms with Gasteiger partial charge in [-0.15, -0.1) is 0 Å². The van der Waals surface area contributed by atoms with Gasteiger partial charge in [0.25, 0.3) is 0 Å². The maximum absolute atomic E-state index is 11.7. The van der Waals surface area contributed by atoms with Gasteiger partial charge in [0.1, 0.15) is 48.8 Å². The third kappa shape index (κ3) is 7.62. The van der Waals surface area contributed by atoms with Crippen LogP contribution in [0.25, 0.3) is 0 Å². The summed E-state index contributed by atoms with van der Waals surface area (Å²) in [6.07, 6.45) is -4.24. The van der Waals surface area contributed by atoms with E-state index in [2.05, 4.69) is 40.7 Å². The Bertz CT molecular complexity index is 1270. The molecular weight excluding hydrogens is 700 g/mol. The fourth-order valence-electron chi connectivity index (χ4n) is 12.6. The zero-order valence-electron chi connectivity index (χ0n) is 32.9. The van der Waals surface area contributed by atoms with Crippen LogP contribution in [0.3, 0.4) is 0 Å². The van der Waals surface area contributed by atoms with Gasteiger partial charge in [-0.1, -0.05) is 39.3 Å². The molecule has 0 aromatic rings. The molecule has 0 bridgehead atoms. The van der Waals surface area contributed by atoms with Gasteiger partial charge in [-0.25, -0.2) is 0 Å². The van der Waals surface area contributed by atoms with Gasteiger partial charge in [0, 0.05) is 12.0 Å². The number of hydrogen-bond acceptors (Lipinski definition) is 13. The molecule has 2 aliphatic heterocycles. The van der Waals surface area contributed by atoms with Gasteiger partial charge in [0.05, 0.1) is 25.4 Å². The molecule has 0 spiro atoms. The quantitative estimate of drug-likeness (QED) is 0.102. The lowest BCUT2D eigenvalue weighted by molar-refractivity contribution is -0.373. The van der Waals surface area contributed by atoms with E-state index in [0.717, 1.165) is 57.8 Å². The van der Waals surface area contributed by atoms with E-state index < -0.39 is 80.7 Å². The maximum Gasteiger partial charge on any atom is 0.187 e. The van der Waals surface area contributed by atoms with Crippen molar-refractivity contribution in [3.05, 3.63) is 11.6 Å². The first-order chi connectivity index (χ1) is 25.6. The number of hydrogen-bond donors (Lipinski definition) is 9. The predicted octanol–water partition coefficient (Wildman–Crippen LogP) is 1.62. The number of aliphatic hydroxyl groups is 9. The Morgan fingerprint density at radius 2 is 1.43 bits per heavy atom. The molecule has 0 radical (unpaired) electrons. The highest BCUT2D eigenvalue weighted by Gasteiger charge is 2.64. The molecule has 4 aliphatic carbocycles. The molecule has 13 heteroatoms. The van der Waals surface area contributed by atoms with Crippen molar-refractivity contribution in [3.8, 4) is 0 Å². The molecule has 6 rings (SSSR count). The Labute approximate surface area is 320 Å². The summed E-state index contributed by atoms with van der Waals surface area (Å²) in [6, 6.07) is 0. The van der Waals surface area contributed by atoms with Crippen LogP contribution >= 0.6 is 0 Å². The van der Waals surface area contributed by atoms with Gasteiger partial charge in [-0.2, -0.15) is 0 Å². The molecule has 9 N–H and O–H groups in total. The number of aliphatic hydroxyl groups excluding tert-OH is 9. The molecule has 20 atom stereocenters. The van der Waals surface area contributed by atoms with E-state index in [1.807, 2.05) is 0 Å². The Balaban J connectivity index is 1.14. The van der Waals surface area contributed by atoms with Crippen molar-refractivity contribution < 1.29 is 64.9 Å². The molecule has 6 fully saturated rings. The van der Waals surface area contributed by atoms with Crippen LogP contribution in [0.15, 0.2) is 11.6 Å². The van der Waals surface area contributed by atoms with Crippen molar-refractivity contribution in [3.63, 3.8) is 0 Å². The minimum absolute atomic E-state index is 0.0418. The van der Waals surface area contributed by atoms with Crippen LogP contribution < -0.4 is 0 Å². The highest BCUT2D eigenvalue weighted by molar-refractivity contribution is 5.14. The van der Waals surface area contributed by atoms with Crippen molar-refractivity contribution >= 4 is 0 Å². The Morgan fingerprint density at radius 3 is 2.06 bits per heavy atom. The summed E-state index contributed by atoms with van der Waals surface area (Å²) < 4.78 is 23.9. The highest BCUT2D eigenvalue weighted by Crippen LogP contribution is 2.68. The number of allylic oxidation sites excluding steroid dienone is 2.